The van der Waals surface area contributed by atoms with Gasteiger partial charge in [-0.25, -0.2) is 0 Å². The van der Waals surface area contributed by atoms with Crippen molar-refractivity contribution in [2.24, 2.45) is 0 Å². The van der Waals surface area contributed by atoms with Crippen LogP contribution in [0.1, 0.15) is 29.0 Å². The molecule has 5 nitrogen and oxygen atoms in total. The van der Waals surface area contributed by atoms with Crippen molar-refractivity contribution in [3.63, 3.8) is 0 Å². The third kappa shape index (κ3) is 2.27. The molecule has 0 atom stereocenters. The molecular weight excluding hydrogens is 296 g/mol. The Balaban J connectivity index is 1.53. The summed E-state index contributed by atoms with van der Waals surface area (Å²) in [5, 5.41) is 12.6. The van der Waals surface area contributed by atoms with Crippen molar-refractivity contribution < 1.29 is 4.79 Å². The molecule has 1 aliphatic carbocycles. The molecule has 1 amide bonds. The summed E-state index contributed by atoms with van der Waals surface area (Å²) in [5.41, 5.74) is 2.97. The van der Waals surface area contributed by atoms with Crippen molar-refractivity contribution in [3.05, 3.63) is 40.4 Å². The molecule has 6 heteroatoms. The topological polar surface area (TPSA) is 58.1 Å². The van der Waals surface area contributed by atoms with Gasteiger partial charge in [-0.3, -0.25) is 4.79 Å². The summed E-state index contributed by atoms with van der Waals surface area (Å²) in [7, 11) is 1.81. The first-order valence-electron chi connectivity index (χ1n) is 7.56. The molecular formula is C16H18N4OS. The van der Waals surface area contributed by atoms with E-state index in [-0.39, 0.29) is 11.3 Å². The van der Waals surface area contributed by atoms with E-state index in [2.05, 4.69) is 39.8 Å². The first-order chi connectivity index (χ1) is 10.7. The average Bonchev–Trinajstić information content (AvgIpc) is 3.15. The molecule has 2 aliphatic rings. The first kappa shape index (κ1) is 13.7. The lowest BCUT2D eigenvalue weighted by atomic mass is 9.87. The van der Waals surface area contributed by atoms with Crippen molar-refractivity contribution >= 4 is 22.4 Å². The maximum atomic E-state index is 12.6. The molecule has 0 bridgehead atoms. The Bertz CT molecular complexity index is 722. The molecule has 2 aromatic rings. The zero-order valence-electron chi connectivity index (χ0n) is 12.5. The minimum Gasteiger partial charge on any atom is -0.363 e. The molecule has 4 rings (SSSR count). The van der Waals surface area contributed by atoms with Crippen LogP contribution in [0, 0.1) is 0 Å². The van der Waals surface area contributed by atoms with Gasteiger partial charge >= 0.3 is 0 Å². The summed E-state index contributed by atoms with van der Waals surface area (Å²) >= 11 is 1.45. The lowest BCUT2D eigenvalue weighted by Gasteiger charge is -2.35. The maximum Gasteiger partial charge on any atom is 0.229 e. The van der Waals surface area contributed by atoms with E-state index in [1.54, 1.807) is 0 Å². The van der Waals surface area contributed by atoms with Crippen LogP contribution in [0.4, 0.5) is 5.13 Å². The van der Waals surface area contributed by atoms with Crippen LogP contribution in [0.15, 0.2) is 24.3 Å². The highest BCUT2D eigenvalue weighted by Crippen LogP contribution is 2.52. The highest BCUT2D eigenvalue weighted by molar-refractivity contribution is 7.15. The first-order valence-corrected chi connectivity index (χ1v) is 8.38. The average molecular weight is 314 g/mol. The number of fused-ring (bicyclic) bond motifs is 2. The Hall–Kier alpha value is -1.95. The molecule has 1 aromatic heterocycles. The number of aromatic nitrogens is 2. The number of carbonyl (C=O) groups excluding carboxylic acids is 1. The van der Waals surface area contributed by atoms with E-state index in [0.29, 0.717) is 13.0 Å². The molecule has 1 aromatic carbocycles. The van der Waals surface area contributed by atoms with Crippen molar-refractivity contribution in [3.8, 4) is 0 Å². The molecule has 1 spiro atoms. The molecule has 1 fully saturated rings. The van der Waals surface area contributed by atoms with Gasteiger partial charge in [-0.15, -0.1) is 10.2 Å². The fourth-order valence-electron chi connectivity index (χ4n) is 3.31. The Morgan fingerprint density at radius 3 is 2.91 bits per heavy atom. The van der Waals surface area contributed by atoms with Crippen molar-refractivity contribution in [1.29, 1.82) is 0 Å². The number of nitrogens with one attached hydrogen (secondary N) is 1. The van der Waals surface area contributed by atoms with Gasteiger partial charge in [0, 0.05) is 25.6 Å². The second-order valence-electron chi connectivity index (χ2n) is 6.12. The van der Waals surface area contributed by atoms with Crippen LogP contribution in [-0.4, -0.2) is 34.6 Å². The van der Waals surface area contributed by atoms with Crippen LogP contribution >= 0.6 is 11.3 Å². The van der Waals surface area contributed by atoms with Crippen LogP contribution in [-0.2, 0) is 23.2 Å². The molecule has 1 aliphatic heterocycles. The standard InChI is InChI=1S/C16H18N4OS/c1-17-15-19-18-13(22-15)8-14(21)20-9-11-4-2-3-5-12(11)16(10-20)6-7-16/h2-5H,6-10H2,1H3,(H,17,19). The molecule has 0 unspecified atom stereocenters. The van der Waals surface area contributed by atoms with Gasteiger partial charge in [-0.05, 0) is 24.0 Å². The number of anilines is 1. The fourth-order valence-corrected chi connectivity index (χ4v) is 3.99. The molecule has 22 heavy (non-hydrogen) atoms. The minimum atomic E-state index is 0.152. The van der Waals surface area contributed by atoms with Crippen LogP contribution in [0.3, 0.4) is 0 Å². The van der Waals surface area contributed by atoms with Crippen LogP contribution < -0.4 is 5.32 Å². The van der Waals surface area contributed by atoms with E-state index in [4.69, 9.17) is 0 Å². The smallest absolute Gasteiger partial charge is 0.229 e. The number of hydrogen-bond donors (Lipinski definition) is 1. The van der Waals surface area contributed by atoms with Gasteiger partial charge in [0.05, 0.1) is 6.42 Å². The van der Waals surface area contributed by atoms with Crippen LogP contribution in [0.5, 0.6) is 0 Å². The number of benzene rings is 1. The van der Waals surface area contributed by atoms with Gasteiger partial charge in [0.25, 0.3) is 0 Å². The normalized spacial score (nSPS) is 18.1. The van der Waals surface area contributed by atoms with E-state index in [1.165, 1.54) is 35.3 Å². The zero-order valence-corrected chi connectivity index (χ0v) is 13.3. The summed E-state index contributed by atoms with van der Waals surface area (Å²) in [5.74, 6) is 0.152. The lowest BCUT2D eigenvalue weighted by molar-refractivity contribution is -0.132. The molecule has 1 N–H and O–H groups in total. The fraction of sp³-hybridized carbons (Fsp3) is 0.438. The van der Waals surface area contributed by atoms with Gasteiger partial charge in [-0.1, -0.05) is 35.6 Å². The summed E-state index contributed by atoms with van der Waals surface area (Å²) in [4.78, 5) is 14.6. The van der Waals surface area contributed by atoms with E-state index in [9.17, 15) is 4.79 Å². The van der Waals surface area contributed by atoms with Crippen molar-refractivity contribution in [2.75, 3.05) is 18.9 Å². The van der Waals surface area contributed by atoms with E-state index < -0.39 is 0 Å². The Kier molecular flexibility index (Phi) is 3.14. The summed E-state index contributed by atoms with van der Waals surface area (Å²) in [6.45, 7) is 1.56. The zero-order chi connectivity index (χ0) is 15.2. The molecule has 1 saturated carbocycles. The lowest BCUT2D eigenvalue weighted by Crippen LogP contribution is -2.42. The monoisotopic (exact) mass is 314 g/mol. The number of hydrogen-bond acceptors (Lipinski definition) is 5. The van der Waals surface area contributed by atoms with Gasteiger partial charge in [0.15, 0.2) is 0 Å². The molecule has 0 saturated heterocycles. The highest BCUT2D eigenvalue weighted by Gasteiger charge is 2.49. The van der Waals surface area contributed by atoms with Gasteiger partial charge in [-0.2, -0.15) is 0 Å². The number of amides is 1. The van der Waals surface area contributed by atoms with E-state index in [1.807, 2.05) is 11.9 Å². The van der Waals surface area contributed by atoms with Gasteiger partial charge in [0.2, 0.25) is 11.0 Å². The second-order valence-corrected chi connectivity index (χ2v) is 7.18. The van der Waals surface area contributed by atoms with Crippen LogP contribution in [0.2, 0.25) is 0 Å². The predicted molar refractivity (Wildman–Crippen MR) is 85.9 cm³/mol. The van der Waals surface area contributed by atoms with E-state index >= 15 is 0 Å². The quantitative estimate of drug-likeness (QED) is 0.943. The van der Waals surface area contributed by atoms with E-state index in [0.717, 1.165) is 16.7 Å². The van der Waals surface area contributed by atoms with Gasteiger partial charge in [0.1, 0.15) is 5.01 Å². The largest absolute Gasteiger partial charge is 0.363 e. The van der Waals surface area contributed by atoms with Crippen molar-refractivity contribution in [2.45, 2.75) is 31.2 Å². The molecule has 114 valence electrons. The predicted octanol–water partition coefficient (Wildman–Crippen LogP) is 2.20. The Labute approximate surface area is 133 Å². The Morgan fingerprint density at radius 2 is 2.18 bits per heavy atom. The molecule has 2 heterocycles. The van der Waals surface area contributed by atoms with Crippen molar-refractivity contribution in [1.82, 2.24) is 15.1 Å². The third-order valence-electron chi connectivity index (χ3n) is 4.63. The third-order valence-corrected chi connectivity index (χ3v) is 5.57. The second kappa shape index (κ2) is 5.05. The SMILES string of the molecule is CNc1nnc(CC(=O)N2Cc3ccccc3C3(CC3)C2)s1. The number of carbonyl (C=O) groups is 1. The highest BCUT2D eigenvalue weighted by atomic mass is 32.1. The van der Waals surface area contributed by atoms with Crippen LogP contribution in [0.25, 0.3) is 0 Å². The number of nitrogens with zero attached hydrogens (tertiary/aromatic N) is 3. The van der Waals surface area contributed by atoms with Gasteiger partial charge < -0.3 is 10.2 Å². The Morgan fingerprint density at radius 1 is 1.36 bits per heavy atom. The summed E-state index contributed by atoms with van der Waals surface area (Å²) < 4.78 is 0. The minimum absolute atomic E-state index is 0.152. The molecule has 0 radical (unpaired) electrons. The summed E-state index contributed by atoms with van der Waals surface area (Å²) in [6, 6.07) is 8.55. The number of rotatable bonds is 3. The maximum absolute atomic E-state index is 12.6. The summed E-state index contributed by atoms with van der Waals surface area (Å²) in [6.07, 6.45) is 2.73.